The number of rotatable bonds is 5. The Balaban J connectivity index is 1.57. The fourth-order valence-electron chi connectivity index (χ4n) is 3.93. The molecule has 0 atom stereocenters. The lowest BCUT2D eigenvalue weighted by atomic mass is 10.1. The summed E-state index contributed by atoms with van der Waals surface area (Å²) in [7, 11) is 0. The second-order valence-corrected chi connectivity index (χ2v) is 8.71. The number of benzene rings is 2. The number of hydrogen-bond donors (Lipinski definition) is 1. The van der Waals surface area contributed by atoms with Crippen molar-refractivity contribution in [1.82, 2.24) is 9.80 Å². The molecule has 0 saturated carbocycles. The van der Waals surface area contributed by atoms with Gasteiger partial charge >= 0.3 is 6.18 Å². The molecule has 1 fully saturated rings. The Kier molecular flexibility index (Phi) is 8.02. The fourth-order valence-corrected chi connectivity index (χ4v) is 4.12. The summed E-state index contributed by atoms with van der Waals surface area (Å²) in [5.74, 6) is -0.402. The molecule has 3 rings (SSSR count). The Morgan fingerprint density at radius 3 is 2.39 bits per heavy atom. The molecule has 0 aromatic heterocycles. The van der Waals surface area contributed by atoms with E-state index in [2.05, 4.69) is 5.32 Å². The van der Waals surface area contributed by atoms with Crippen molar-refractivity contribution in [2.24, 2.45) is 0 Å². The molecule has 178 valence electrons. The van der Waals surface area contributed by atoms with E-state index in [1.54, 1.807) is 4.90 Å². The highest BCUT2D eigenvalue weighted by molar-refractivity contribution is 6.31. The van der Waals surface area contributed by atoms with Crippen molar-refractivity contribution in [2.45, 2.75) is 32.9 Å². The minimum Gasteiger partial charge on any atom is -0.341 e. The normalized spacial score (nSPS) is 15.3. The Hall–Kier alpha value is -2.58. The number of carbonyl (C=O) groups is 2. The van der Waals surface area contributed by atoms with Gasteiger partial charge in [0, 0.05) is 36.9 Å². The third-order valence-corrected chi connectivity index (χ3v) is 6.14. The van der Waals surface area contributed by atoms with Gasteiger partial charge in [0.05, 0.1) is 18.5 Å². The second-order valence-electron chi connectivity index (χ2n) is 8.31. The summed E-state index contributed by atoms with van der Waals surface area (Å²) < 4.78 is 39.0. The number of halogens is 4. The Labute approximate surface area is 196 Å². The van der Waals surface area contributed by atoms with Crippen LogP contribution in [0.1, 0.15) is 28.7 Å². The van der Waals surface area contributed by atoms with E-state index in [0.717, 1.165) is 28.9 Å². The molecule has 5 nitrogen and oxygen atoms in total. The maximum atomic E-state index is 13.0. The molecule has 33 heavy (non-hydrogen) atoms. The minimum atomic E-state index is -4.50. The monoisotopic (exact) mass is 481 g/mol. The average molecular weight is 482 g/mol. The number of nitrogens with zero attached hydrogens (tertiary/aromatic N) is 2. The molecule has 1 heterocycles. The highest BCUT2D eigenvalue weighted by Crippen LogP contribution is 2.32. The van der Waals surface area contributed by atoms with E-state index in [4.69, 9.17) is 11.6 Å². The number of anilines is 1. The lowest BCUT2D eigenvalue weighted by molar-refractivity contribution is -0.138. The number of aryl methyl sites for hydroxylation is 2. The number of hydrogen-bond acceptors (Lipinski definition) is 3. The van der Waals surface area contributed by atoms with Gasteiger partial charge in [0.25, 0.3) is 0 Å². The molecular weight excluding hydrogens is 455 g/mol. The van der Waals surface area contributed by atoms with Crippen molar-refractivity contribution in [3.63, 3.8) is 0 Å². The molecule has 0 aliphatic carbocycles. The average Bonchev–Trinajstić information content (AvgIpc) is 2.97. The van der Waals surface area contributed by atoms with Crippen molar-refractivity contribution in [2.75, 3.05) is 38.0 Å². The van der Waals surface area contributed by atoms with E-state index in [9.17, 15) is 22.8 Å². The van der Waals surface area contributed by atoms with E-state index in [-0.39, 0.29) is 35.4 Å². The topological polar surface area (TPSA) is 52.7 Å². The standard InChI is InChI=1S/C24H27ClF3N3O2/c1-16-5-3-6-17(2)23(16)29-21(32)15-30-9-4-10-31(12-11-30)22(33)14-18-13-19(24(26,27)28)7-8-20(18)25/h3,5-8,13H,4,9-12,14-15H2,1-2H3,(H,29,32). The number of carbonyl (C=O) groups excluding carboxylic acids is 2. The quantitative estimate of drug-likeness (QED) is 0.674. The molecule has 1 aliphatic rings. The maximum absolute atomic E-state index is 13.0. The highest BCUT2D eigenvalue weighted by Gasteiger charge is 2.31. The van der Waals surface area contributed by atoms with Crippen LogP contribution >= 0.6 is 11.6 Å². The summed E-state index contributed by atoms with van der Waals surface area (Å²) in [5.41, 5.74) is 2.12. The molecule has 1 aliphatic heterocycles. The molecule has 0 radical (unpaired) electrons. The second kappa shape index (κ2) is 10.6. The predicted molar refractivity (Wildman–Crippen MR) is 122 cm³/mol. The third-order valence-electron chi connectivity index (χ3n) is 5.77. The highest BCUT2D eigenvalue weighted by atomic mass is 35.5. The first-order valence-corrected chi connectivity index (χ1v) is 11.1. The maximum Gasteiger partial charge on any atom is 0.416 e. The van der Waals surface area contributed by atoms with Gasteiger partial charge in [0.1, 0.15) is 0 Å². The first-order valence-electron chi connectivity index (χ1n) is 10.8. The van der Waals surface area contributed by atoms with Crippen molar-refractivity contribution < 1.29 is 22.8 Å². The van der Waals surface area contributed by atoms with Gasteiger partial charge in [-0.2, -0.15) is 13.2 Å². The van der Waals surface area contributed by atoms with Gasteiger partial charge in [0.15, 0.2) is 0 Å². The van der Waals surface area contributed by atoms with Gasteiger partial charge in [-0.3, -0.25) is 14.5 Å². The Bertz CT molecular complexity index is 1010. The summed E-state index contributed by atoms with van der Waals surface area (Å²) in [5, 5.41) is 3.10. The Morgan fingerprint density at radius 1 is 1.03 bits per heavy atom. The summed E-state index contributed by atoms with van der Waals surface area (Å²) >= 11 is 6.04. The molecule has 0 unspecified atom stereocenters. The van der Waals surface area contributed by atoms with Gasteiger partial charge in [-0.15, -0.1) is 0 Å². The molecular formula is C24H27ClF3N3O2. The largest absolute Gasteiger partial charge is 0.416 e. The van der Waals surface area contributed by atoms with Crippen molar-refractivity contribution >= 4 is 29.1 Å². The lowest BCUT2D eigenvalue weighted by Gasteiger charge is -2.22. The molecule has 0 spiro atoms. The van der Waals surface area contributed by atoms with Crippen LogP contribution in [-0.4, -0.2) is 54.3 Å². The first-order chi connectivity index (χ1) is 15.5. The van der Waals surface area contributed by atoms with Gasteiger partial charge in [0.2, 0.25) is 11.8 Å². The number of nitrogens with one attached hydrogen (secondary N) is 1. The molecule has 1 saturated heterocycles. The van der Waals surface area contributed by atoms with E-state index in [1.807, 2.05) is 36.9 Å². The zero-order valence-electron chi connectivity index (χ0n) is 18.6. The SMILES string of the molecule is Cc1cccc(C)c1NC(=O)CN1CCCN(C(=O)Cc2cc(C(F)(F)F)ccc2Cl)CC1. The number of alkyl halides is 3. The zero-order chi connectivity index (χ0) is 24.2. The van der Waals surface area contributed by atoms with Gasteiger partial charge < -0.3 is 10.2 Å². The van der Waals surface area contributed by atoms with Gasteiger partial charge in [-0.1, -0.05) is 29.8 Å². The van der Waals surface area contributed by atoms with Crippen molar-refractivity contribution in [1.29, 1.82) is 0 Å². The molecule has 9 heteroatoms. The lowest BCUT2D eigenvalue weighted by Crippen LogP contribution is -2.38. The van der Waals surface area contributed by atoms with E-state index >= 15 is 0 Å². The van der Waals surface area contributed by atoms with Crippen LogP contribution < -0.4 is 5.32 Å². The summed E-state index contributed by atoms with van der Waals surface area (Å²) in [4.78, 5) is 28.9. The van der Waals surface area contributed by atoms with Crippen LogP contribution in [0.2, 0.25) is 5.02 Å². The van der Waals surface area contributed by atoms with Crippen LogP contribution in [0, 0.1) is 13.8 Å². The zero-order valence-corrected chi connectivity index (χ0v) is 19.4. The summed E-state index contributed by atoms with van der Waals surface area (Å²) in [6.45, 7) is 6.10. The van der Waals surface area contributed by atoms with Crippen LogP contribution in [0.3, 0.4) is 0 Å². The summed E-state index contributed by atoms with van der Waals surface area (Å²) in [6.07, 6.45) is -4.03. The van der Waals surface area contributed by atoms with E-state index in [1.165, 1.54) is 6.07 Å². The Morgan fingerprint density at radius 2 is 1.73 bits per heavy atom. The van der Waals surface area contributed by atoms with Crippen LogP contribution in [0.25, 0.3) is 0 Å². The fraction of sp³-hybridized carbons (Fsp3) is 0.417. The number of amides is 2. The first kappa shape index (κ1) is 25.1. The molecule has 0 bridgehead atoms. The molecule has 2 aromatic carbocycles. The van der Waals surface area contributed by atoms with Crippen LogP contribution in [0.4, 0.5) is 18.9 Å². The molecule has 2 amide bonds. The van der Waals surface area contributed by atoms with Gasteiger partial charge in [-0.25, -0.2) is 0 Å². The minimum absolute atomic E-state index is 0.122. The number of para-hydroxylation sites is 1. The summed E-state index contributed by atoms with van der Waals surface area (Å²) in [6, 6.07) is 8.83. The molecule has 2 aromatic rings. The van der Waals surface area contributed by atoms with Gasteiger partial charge in [-0.05, 0) is 55.2 Å². The van der Waals surface area contributed by atoms with Crippen molar-refractivity contribution in [3.05, 3.63) is 63.7 Å². The third kappa shape index (κ3) is 6.71. The predicted octanol–water partition coefficient (Wildman–Crippen LogP) is 4.69. The smallest absolute Gasteiger partial charge is 0.341 e. The van der Waals surface area contributed by atoms with Crippen LogP contribution in [0.5, 0.6) is 0 Å². The van der Waals surface area contributed by atoms with Crippen molar-refractivity contribution in [3.8, 4) is 0 Å². The van der Waals surface area contributed by atoms with Crippen LogP contribution in [0.15, 0.2) is 36.4 Å². The van der Waals surface area contributed by atoms with E-state index < -0.39 is 11.7 Å². The van der Waals surface area contributed by atoms with E-state index in [0.29, 0.717) is 32.6 Å². The van der Waals surface area contributed by atoms with Crippen LogP contribution in [-0.2, 0) is 22.2 Å². The molecule has 1 N–H and O–H groups in total.